The van der Waals surface area contributed by atoms with Gasteiger partial charge in [-0.15, -0.1) is 0 Å². The molecule has 17 heavy (non-hydrogen) atoms. The minimum atomic E-state index is 0.102. The van der Waals surface area contributed by atoms with Crippen molar-refractivity contribution in [3.8, 4) is 0 Å². The molecule has 0 saturated heterocycles. The van der Waals surface area contributed by atoms with Gasteiger partial charge in [0.05, 0.1) is 6.61 Å². The molecular weight excluding hydrogens is 300 g/mol. The zero-order valence-electron chi connectivity index (χ0n) is 9.98. The SMILES string of the molecule is CC(C)N(CCO)c1ccc(Br)cc1C(N)=S. The first-order valence-corrected chi connectivity index (χ1v) is 6.64. The molecule has 0 bridgehead atoms. The van der Waals surface area contributed by atoms with Crippen LogP contribution in [-0.2, 0) is 0 Å². The van der Waals surface area contributed by atoms with Crippen LogP contribution in [0.4, 0.5) is 5.69 Å². The van der Waals surface area contributed by atoms with Crippen LogP contribution < -0.4 is 10.6 Å². The Morgan fingerprint density at radius 3 is 2.65 bits per heavy atom. The molecule has 0 spiro atoms. The Bertz CT molecular complexity index is 409. The van der Waals surface area contributed by atoms with Gasteiger partial charge in [0.2, 0.25) is 0 Å². The summed E-state index contributed by atoms with van der Waals surface area (Å²) in [6.07, 6.45) is 0. The Kier molecular flexibility index (Phi) is 5.36. The van der Waals surface area contributed by atoms with Gasteiger partial charge in [-0.3, -0.25) is 0 Å². The molecule has 0 amide bonds. The second-order valence-corrected chi connectivity index (χ2v) is 5.39. The highest BCUT2D eigenvalue weighted by molar-refractivity contribution is 9.10. The van der Waals surface area contributed by atoms with Gasteiger partial charge in [0, 0.05) is 28.3 Å². The van der Waals surface area contributed by atoms with Gasteiger partial charge >= 0.3 is 0 Å². The molecule has 0 radical (unpaired) electrons. The summed E-state index contributed by atoms with van der Waals surface area (Å²) in [4.78, 5) is 2.45. The lowest BCUT2D eigenvalue weighted by Crippen LogP contribution is -2.35. The van der Waals surface area contributed by atoms with E-state index in [1.165, 1.54) is 0 Å². The molecular formula is C12H17BrN2OS. The number of aliphatic hydroxyl groups excluding tert-OH is 1. The Hall–Kier alpha value is -0.650. The molecule has 0 unspecified atom stereocenters. The number of hydrogen-bond donors (Lipinski definition) is 2. The molecule has 0 aliphatic heterocycles. The maximum Gasteiger partial charge on any atom is 0.106 e. The summed E-state index contributed by atoms with van der Waals surface area (Å²) < 4.78 is 0.941. The van der Waals surface area contributed by atoms with Crippen molar-refractivity contribution in [1.82, 2.24) is 0 Å². The van der Waals surface area contributed by atoms with Crippen molar-refractivity contribution in [3.05, 3.63) is 28.2 Å². The number of rotatable bonds is 5. The maximum absolute atomic E-state index is 9.12. The average Bonchev–Trinajstić information content (AvgIpc) is 2.26. The highest BCUT2D eigenvalue weighted by Gasteiger charge is 2.15. The van der Waals surface area contributed by atoms with Gasteiger partial charge < -0.3 is 15.7 Å². The largest absolute Gasteiger partial charge is 0.395 e. The number of aliphatic hydroxyl groups is 1. The third kappa shape index (κ3) is 3.66. The van der Waals surface area contributed by atoms with E-state index >= 15 is 0 Å². The lowest BCUT2D eigenvalue weighted by molar-refractivity contribution is 0.299. The normalized spacial score (nSPS) is 10.6. The summed E-state index contributed by atoms with van der Waals surface area (Å²) in [6, 6.07) is 6.10. The third-order valence-corrected chi connectivity index (χ3v) is 3.21. The van der Waals surface area contributed by atoms with Crippen LogP contribution in [0, 0.1) is 0 Å². The Labute approximate surface area is 116 Å². The fraction of sp³-hybridized carbons (Fsp3) is 0.417. The average molecular weight is 317 g/mol. The van der Waals surface area contributed by atoms with Crippen molar-refractivity contribution in [2.24, 2.45) is 5.73 Å². The Balaban J connectivity index is 3.22. The quantitative estimate of drug-likeness (QED) is 0.818. The number of halogens is 1. The van der Waals surface area contributed by atoms with Gasteiger partial charge in [-0.25, -0.2) is 0 Å². The van der Waals surface area contributed by atoms with E-state index in [-0.39, 0.29) is 12.6 Å². The predicted molar refractivity (Wildman–Crippen MR) is 79.6 cm³/mol. The zero-order valence-corrected chi connectivity index (χ0v) is 12.4. The van der Waals surface area contributed by atoms with E-state index in [1.807, 2.05) is 18.2 Å². The summed E-state index contributed by atoms with van der Waals surface area (Å²) in [5.41, 5.74) is 7.53. The van der Waals surface area contributed by atoms with Crippen molar-refractivity contribution in [2.75, 3.05) is 18.1 Å². The number of nitrogens with zero attached hydrogens (tertiary/aromatic N) is 1. The first-order chi connectivity index (χ1) is 7.97. The zero-order chi connectivity index (χ0) is 13.0. The maximum atomic E-state index is 9.12. The smallest absolute Gasteiger partial charge is 0.106 e. The van der Waals surface area contributed by atoms with Gasteiger partial charge in [-0.1, -0.05) is 28.1 Å². The fourth-order valence-electron chi connectivity index (χ4n) is 1.72. The molecule has 1 aromatic carbocycles. The van der Waals surface area contributed by atoms with Crippen LogP contribution in [0.1, 0.15) is 19.4 Å². The van der Waals surface area contributed by atoms with Crippen LogP contribution in [0.3, 0.4) is 0 Å². The van der Waals surface area contributed by atoms with Crippen LogP contribution in [0.5, 0.6) is 0 Å². The monoisotopic (exact) mass is 316 g/mol. The highest BCUT2D eigenvalue weighted by Crippen LogP contribution is 2.26. The van der Waals surface area contributed by atoms with Crippen molar-refractivity contribution in [1.29, 1.82) is 0 Å². The van der Waals surface area contributed by atoms with E-state index < -0.39 is 0 Å². The van der Waals surface area contributed by atoms with Crippen LogP contribution >= 0.6 is 28.1 Å². The first kappa shape index (κ1) is 14.4. The van der Waals surface area contributed by atoms with Crippen LogP contribution in [0.25, 0.3) is 0 Å². The van der Waals surface area contributed by atoms with E-state index in [4.69, 9.17) is 23.1 Å². The van der Waals surface area contributed by atoms with Crippen LogP contribution in [-0.4, -0.2) is 29.3 Å². The molecule has 0 heterocycles. The molecule has 0 aromatic heterocycles. The summed E-state index contributed by atoms with van der Waals surface area (Å²) in [7, 11) is 0. The van der Waals surface area contributed by atoms with E-state index in [2.05, 4.69) is 34.7 Å². The summed E-state index contributed by atoms with van der Waals surface area (Å²) >= 11 is 8.47. The van der Waals surface area contributed by atoms with Crippen LogP contribution in [0.15, 0.2) is 22.7 Å². The van der Waals surface area contributed by atoms with Gasteiger partial charge in [0.1, 0.15) is 4.99 Å². The molecule has 94 valence electrons. The Morgan fingerprint density at radius 1 is 1.53 bits per heavy atom. The minimum absolute atomic E-state index is 0.102. The Morgan fingerprint density at radius 2 is 2.18 bits per heavy atom. The second kappa shape index (κ2) is 6.33. The molecule has 1 rings (SSSR count). The third-order valence-electron chi connectivity index (χ3n) is 2.50. The molecule has 0 aliphatic carbocycles. The lowest BCUT2D eigenvalue weighted by atomic mass is 10.1. The van der Waals surface area contributed by atoms with Crippen molar-refractivity contribution in [2.45, 2.75) is 19.9 Å². The van der Waals surface area contributed by atoms with Crippen molar-refractivity contribution < 1.29 is 5.11 Å². The summed E-state index contributed by atoms with van der Waals surface area (Å²) in [6.45, 7) is 4.81. The second-order valence-electron chi connectivity index (χ2n) is 4.04. The van der Waals surface area contributed by atoms with E-state index in [1.54, 1.807) is 0 Å². The van der Waals surface area contributed by atoms with Crippen molar-refractivity contribution in [3.63, 3.8) is 0 Å². The highest BCUT2D eigenvalue weighted by atomic mass is 79.9. The molecule has 0 aliphatic rings. The standard InChI is InChI=1S/C12H17BrN2OS/c1-8(2)15(5-6-16)11-4-3-9(13)7-10(11)12(14)17/h3-4,7-8,16H,5-6H2,1-2H3,(H2,14,17). The molecule has 0 fully saturated rings. The van der Waals surface area contributed by atoms with Crippen LogP contribution in [0.2, 0.25) is 0 Å². The lowest BCUT2D eigenvalue weighted by Gasteiger charge is -2.30. The molecule has 5 heteroatoms. The molecule has 0 saturated carbocycles. The first-order valence-electron chi connectivity index (χ1n) is 5.44. The fourth-order valence-corrected chi connectivity index (χ4v) is 2.25. The van der Waals surface area contributed by atoms with E-state index in [0.29, 0.717) is 11.5 Å². The minimum Gasteiger partial charge on any atom is -0.395 e. The molecule has 3 nitrogen and oxygen atoms in total. The number of anilines is 1. The molecule has 3 N–H and O–H groups in total. The van der Waals surface area contributed by atoms with Crippen molar-refractivity contribution >= 4 is 38.8 Å². The van der Waals surface area contributed by atoms with Gasteiger partial charge in [0.15, 0.2) is 0 Å². The predicted octanol–water partition coefficient (Wildman–Crippen LogP) is 2.29. The number of hydrogen-bond acceptors (Lipinski definition) is 3. The van der Waals surface area contributed by atoms with Gasteiger partial charge in [-0.2, -0.15) is 0 Å². The number of nitrogens with two attached hydrogens (primary N) is 1. The number of thiocarbonyl (C=S) groups is 1. The molecule has 0 atom stereocenters. The number of benzene rings is 1. The topological polar surface area (TPSA) is 49.5 Å². The summed E-state index contributed by atoms with van der Waals surface area (Å²) in [5, 5.41) is 9.12. The van der Waals surface area contributed by atoms with E-state index in [9.17, 15) is 0 Å². The molecule has 1 aromatic rings. The van der Waals surface area contributed by atoms with Gasteiger partial charge in [0.25, 0.3) is 0 Å². The van der Waals surface area contributed by atoms with Gasteiger partial charge in [-0.05, 0) is 32.0 Å². The summed E-state index contributed by atoms with van der Waals surface area (Å²) in [5.74, 6) is 0. The van der Waals surface area contributed by atoms with E-state index in [0.717, 1.165) is 15.7 Å².